The van der Waals surface area contributed by atoms with Crippen LogP contribution in [-0.2, 0) is 9.53 Å². The molecule has 186 valence electrons. The number of fused-ring (bicyclic) bond motifs is 1. The first kappa shape index (κ1) is 26.3. The van der Waals surface area contributed by atoms with Crippen LogP contribution in [0.3, 0.4) is 0 Å². The van der Waals surface area contributed by atoms with Crippen molar-refractivity contribution in [2.45, 2.75) is 59.6 Å². The zero-order chi connectivity index (χ0) is 25.9. The van der Waals surface area contributed by atoms with E-state index in [1.54, 1.807) is 58.0 Å². The molecular weight excluding hydrogens is 470 g/mol. The summed E-state index contributed by atoms with van der Waals surface area (Å²) in [4.78, 5) is 38.4. The summed E-state index contributed by atoms with van der Waals surface area (Å²) >= 11 is 5.97. The van der Waals surface area contributed by atoms with Crippen molar-refractivity contribution in [1.82, 2.24) is 5.32 Å². The highest BCUT2D eigenvalue weighted by atomic mass is 35.5. The summed E-state index contributed by atoms with van der Waals surface area (Å²) in [6.45, 7) is 10.7. The van der Waals surface area contributed by atoms with Crippen molar-refractivity contribution in [2.75, 3.05) is 0 Å². The summed E-state index contributed by atoms with van der Waals surface area (Å²) in [6.07, 6.45) is -0.0657. The molecule has 0 spiro atoms. The third kappa shape index (κ3) is 6.42. The predicted molar refractivity (Wildman–Crippen MR) is 136 cm³/mol. The molecule has 0 fully saturated rings. The van der Waals surface area contributed by atoms with E-state index < -0.39 is 23.7 Å². The molecule has 0 aliphatic heterocycles. The zero-order valence-electron chi connectivity index (χ0n) is 20.7. The molecule has 35 heavy (non-hydrogen) atoms. The van der Waals surface area contributed by atoms with Crippen LogP contribution in [-0.4, -0.2) is 23.7 Å². The van der Waals surface area contributed by atoms with Gasteiger partial charge in [-0.1, -0.05) is 44.0 Å². The van der Waals surface area contributed by atoms with Crippen molar-refractivity contribution in [1.29, 1.82) is 0 Å². The fourth-order valence-corrected chi connectivity index (χ4v) is 3.71. The highest BCUT2D eigenvalue weighted by Gasteiger charge is 2.30. The van der Waals surface area contributed by atoms with Crippen molar-refractivity contribution >= 4 is 34.6 Å². The number of rotatable bonds is 6. The lowest BCUT2D eigenvalue weighted by Gasteiger charge is -2.25. The Morgan fingerprint density at radius 3 is 2.37 bits per heavy atom. The Morgan fingerprint density at radius 2 is 1.77 bits per heavy atom. The van der Waals surface area contributed by atoms with Gasteiger partial charge in [0.1, 0.15) is 28.7 Å². The number of hydrogen-bond acceptors (Lipinski definition) is 6. The van der Waals surface area contributed by atoms with Crippen LogP contribution in [0.15, 0.2) is 51.7 Å². The van der Waals surface area contributed by atoms with E-state index in [0.717, 1.165) is 0 Å². The van der Waals surface area contributed by atoms with Gasteiger partial charge in [0, 0.05) is 11.1 Å². The van der Waals surface area contributed by atoms with E-state index in [4.69, 9.17) is 25.5 Å². The van der Waals surface area contributed by atoms with Crippen molar-refractivity contribution in [3.05, 3.63) is 63.5 Å². The van der Waals surface area contributed by atoms with Gasteiger partial charge in [-0.05, 0) is 63.4 Å². The van der Waals surface area contributed by atoms with Gasteiger partial charge in [0.2, 0.25) is 5.43 Å². The summed E-state index contributed by atoms with van der Waals surface area (Å²) in [5.74, 6) is -0.208. The smallest absolute Gasteiger partial charge is 0.408 e. The van der Waals surface area contributed by atoms with E-state index >= 15 is 0 Å². The van der Waals surface area contributed by atoms with Crippen LogP contribution < -0.4 is 15.5 Å². The van der Waals surface area contributed by atoms with Gasteiger partial charge in [-0.15, -0.1) is 0 Å². The minimum absolute atomic E-state index is 0.197. The van der Waals surface area contributed by atoms with Crippen LogP contribution in [0.1, 0.15) is 46.8 Å². The normalized spacial score (nSPS) is 13.2. The van der Waals surface area contributed by atoms with Crippen LogP contribution >= 0.6 is 11.6 Å². The molecule has 7 nitrogen and oxygen atoms in total. The summed E-state index contributed by atoms with van der Waals surface area (Å²) in [7, 11) is 0. The van der Waals surface area contributed by atoms with E-state index in [1.165, 1.54) is 12.1 Å². The number of carbonyl (C=O) groups excluding carboxylic acids is 2. The van der Waals surface area contributed by atoms with E-state index in [-0.39, 0.29) is 22.7 Å². The lowest BCUT2D eigenvalue weighted by atomic mass is 9.99. The molecule has 0 saturated heterocycles. The molecule has 0 radical (unpaired) electrons. The van der Waals surface area contributed by atoms with Crippen LogP contribution in [0.4, 0.5) is 4.79 Å². The molecule has 2 aromatic carbocycles. The molecule has 1 N–H and O–H groups in total. The number of carbonyl (C=O) groups is 2. The molecule has 0 bridgehead atoms. The molecule has 1 amide bonds. The molecule has 1 heterocycles. The van der Waals surface area contributed by atoms with Gasteiger partial charge < -0.3 is 19.2 Å². The van der Waals surface area contributed by atoms with Crippen molar-refractivity contribution in [3.63, 3.8) is 0 Å². The summed E-state index contributed by atoms with van der Waals surface area (Å²) in [6, 6.07) is 10.6. The maximum absolute atomic E-state index is 13.2. The van der Waals surface area contributed by atoms with E-state index in [0.29, 0.717) is 33.7 Å². The Bertz CT molecular complexity index is 1290. The average molecular weight is 500 g/mol. The second-order valence-electron chi connectivity index (χ2n) is 9.46. The molecule has 8 heteroatoms. The number of esters is 1. The number of benzene rings is 2. The average Bonchev–Trinajstić information content (AvgIpc) is 2.76. The quantitative estimate of drug-likeness (QED) is 0.317. The Kier molecular flexibility index (Phi) is 7.90. The molecular formula is C27H30ClNO6. The summed E-state index contributed by atoms with van der Waals surface area (Å²) in [5, 5.41) is 3.53. The molecule has 0 saturated carbocycles. The molecule has 0 aliphatic carbocycles. The van der Waals surface area contributed by atoms with E-state index in [9.17, 15) is 14.4 Å². The first-order chi connectivity index (χ1) is 16.4. The Balaban J connectivity index is 1.88. The topological polar surface area (TPSA) is 94.8 Å². The van der Waals surface area contributed by atoms with Gasteiger partial charge in [-0.3, -0.25) is 4.79 Å². The fourth-order valence-electron chi connectivity index (χ4n) is 3.58. The minimum atomic E-state index is -0.911. The van der Waals surface area contributed by atoms with Gasteiger partial charge in [-0.2, -0.15) is 0 Å². The minimum Gasteiger partial charge on any atom is -0.460 e. The maximum Gasteiger partial charge on any atom is 0.408 e. The van der Waals surface area contributed by atoms with Gasteiger partial charge in [0.05, 0.1) is 10.9 Å². The molecule has 1 aromatic heterocycles. The predicted octanol–water partition coefficient (Wildman–Crippen LogP) is 6.27. The Labute approximate surface area is 209 Å². The van der Waals surface area contributed by atoms with Crippen LogP contribution in [0.2, 0.25) is 5.02 Å². The Hall–Kier alpha value is -3.32. The highest BCUT2D eigenvalue weighted by molar-refractivity contribution is 6.30. The number of halogens is 1. The summed E-state index contributed by atoms with van der Waals surface area (Å²) in [5.41, 5.74) is 0.524. The van der Waals surface area contributed by atoms with E-state index in [1.807, 2.05) is 13.8 Å². The fraction of sp³-hybridized carbons (Fsp3) is 0.370. The van der Waals surface area contributed by atoms with Crippen LogP contribution in [0.25, 0.3) is 22.1 Å². The molecule has 2 atom stereocenters. The summed E-state index contributed by atoms with van der Waals surface area (Å²) < 4.78 is 16.8. The Morgan fingerprint density at radius 1 is 1.11 bits per heavy atom. The SMILES string of the molecule is CC[C@H](C)[C@H](NC(=O)OC(C)(C)C)C(=O)Oc1ccc2c(=O)c(-c3ccc(Cl)cc3)c(C)oc2c1. The number of amides is 1. The van der Waals surface area contributed by atoms with Crippen LogP contribution in [0.5, 0.6) is 5.75 Å². The molecule has 0 unspecified atom stereocenters. The first-order valence-corrected chi connectivity index (χ1v) is 11.8. The van der Waals surface area contributed by atoms with Crippen LogP contribution in [0, 0.1) is 12.8 Å². The van der Waals surface area contributed by atoms with Crippen molar-refractivity contribution < 1.29 is 23.5 Å². The number of alkyl carbamates (subject to hydrolysis) is 1. The number of aryl methyl sites for hydroxylation is 1. The zero-order valence-corrected chi connectivity index (χ0v) is 21.5. The second kappa shape index (κ2) is 10.5. The molecule has 0 aliphatic rings. The lowest BCUT2D eigenvalue weighted by molar-refractivity contribution is -0.138. The second-order valence-corrected chi connectivity index (χ2v) is 9.89. The maximum atomic E-state index is 13.2. The number of nitrogens with one attached hydrogen (secondary N) is 1. The van der Waals surface area contributed by atoms with Crippen molar-refractivity contribution in [2.24, 2.45) is 5.92 Å². The lowest BCUT2D eigenvalue weighted by Crippen LogP contribution is -2.48. The van der Waals surface area contributed by atoms with Crippen molar-refractivity contribution in [3.8, 4) is 16.9 Å². The van der Waals surface area contributed by atoms with Gasteiger partial charge in [0.25, 0.3) is 0 Å². The third-order valence-electron chi connectivity index (χ3n) is 5.53. The largest absolute Gasteiger partial charge is 0.460 e. The van der Waals surface area contributed by atoms with Gasteiger partial charge in [0.15, 0.2) is 0 Å². The molecule has 3 rings (SSSR count). The third-order valence-corrected chi connectivity index (χ3v) is 5.78. The van der Waals surface area contributed by atoms with Gasteiger partial charge in [-0.25, -0.2) is 9.59 Å². The number of ether oxygens (including phenoxy) is 2. The number of hydrogen-bond donors (Lipinski definition) is 1. The van der Waals surface area contributed by atoms with E-state index in [2.05, 4.69) is 5.32 Å². The highest BCUT2D eigenvalue weighted by Crippen LogP contribution is 2.27. The monoisotopic (exact) mass is 499 g/mol. The van der Waals surface area contributed by atoms with Gasteiger partial charge >= 0.3 is 12.1 Å². The molecule has 3 aromatic rings. The standard InChI is InChI=1S/C27H30ClNO6/c1-7-15(2)23(29-26(32)35-27(4,5)6)25(31)34-19-12-13-20-21(14-19)33-16(3)22(24(20)30)17-8-10-18(28)11-9-17/h8-15,23H,7H2,1-6H3,(H,29,32)/t15-,23-/m0/s1. The first-order valence-electron chi connectivity index (χ1n) is 11.4.